The van der Waals surface area contributed by atoms with Gasteiger partial charge in [-0.3, -0.25) is 4.90 Å². The fourth-order valence-corrected chi connectivity index (χ4v) is 2.57. The van der Waals surface area contributed by atoms with E-state index in [9.17, 15) is 0 Å². The smallest absolute Gasteiger partial charge is 0.232 e. The molecule has 3 rings (SSSR count). The molecular formula is C16H23N7O. The molecule has 1 aromatic heterocycles. The van der Waals surface area contributed by atoms with Gasteiger partial charge in [0.25, 0.3) is 0 Å². The average molecular weight is 329 g/mol. The van der Waals surface area contributed by atoms with Crippen LogP contribution in [-0.4, -0.2) is 65.1 Å². The average Bonchev–Trinajstić information content (AvgIpc) is 2.57. The molecule has 0 saturated carbocycles. The van der Waals surface area contributed by atoms with Gasteiger partial charge in [-0.25, -0.2) is 0 Å². The second-order valence-electron chi connectivity index (χ2n) is 5.87. The summed E-state index contributed by atoms with van der Waals surface area (Å²) in [6, 6.07) is 7.55. The topological polar surface area (TPSA) is 92.4 Å². The molecule has 1 fully saturated rings. The lowest BCUT2D eigenvalue weighted by molar-refractivity contribution is 0.145. The summed E-state index contributed by atoms with van der Waals surface area (Å²) in [5.41, 5.74) is 6.70. The van der Waals surface area contributed by atoms with Crippen LogP contribution in [0.2, 0.25) is 0 Å². The second-order valence-corrected chi connectivity index (χ2v) is 5.87. The van der Waals surface area contributed by atoms with E-state index >= 15 is 0 Å². The normalized spacial score (nSPS) is 16.1. The third-order valence-corrected chi connectivity index (χ3v) is 4.01. The highest BCUT2D eigenvalue weighted by Crippen LogP contribution is 2.18. The Hall–Kier alpha value is -2.45. The molecule has 0 aliphatic carbocycles. The number of nitrogen functional groups attached to an aromatic ring is 1. The Morgan fingerprint density at radius 2 is 1.79 bits per heavy atom. The molecule has 8 heteroatoms. The summed E-state index contributed by atoms with van der Waals surface area (Å²) in [5, 5.41) is 3.16. The monoisotopic (exact) mass is 329 g/mol. The van der Waals surface area contributed by atoms with Crippen LogP contribution in [0.5, 0.6) is 5.75 Å². The lowest BCUT2D eigenvalue weighted by Crippen LogP contribution is -2.44. The van der Waals surface area contributed by atoms with Crippen molar-refractivity contribution in [3.8, 4) is 5.75 Å². The Morgan fingerprint density at radius 1 is 1.08 bits per heavy atom. The van der Waals surface area contributed by atoms with Crippen molar-refractivity contribution in [2.45, 2.75) is 6.54 Å². The zero-order chi connectivity index (χ0) is 16.9. The number of piperazine rings is 1. The molecule has 24 heavy (non-hydrogen) atoms. The first-order chi connectivity index (χ1) is 11.6. The van der Waals surface area contributed by atoms with E-state index < -0.39 is 0 Å². The number of methoxy groups -OCH3 is 1. The van der Waals surface area contributed by atoms with Gasteiger partial charge in [-0.15, -0.1) is 0 Å². The summed E-state index contributed by atoms with van der Waals surface area (Å²) in [5.74, 6) is 2.16. The SMILES string of the molecule is COc1ccc(Nc2nc(N)nc(CN3CCN(C)CC3)n2)cc1. The number of rotatable bonds is 5. The van der Waals surface area contributed by atoms with Crippen LogP contribution < -0.4 is 15.8 Å². The van der Waals surface area contributed by atoms with Crippen molar-refractivity contribution in [2.24, 2.45) is 0 Å². The van der Waals surface area contributed by atoms with Crippen LogP contribution in [0.1, 0.15) is 5.82 Å². The Labute approximate surface area is 141 Å². The molecule has 0 bridgehead atoms. The van der Waals surface area contributed by atoms with Crippen molar-refractivity contribution in [3.05, 3.63) is 30.1 Å². The maximum Gasteiger partial charge on any atom is 0.232 e. The van der Waals surface area contributed by atoms with E-state index in [0.29, 0.717) is 18.3 Å². The molecule has 1 aliphatic heterocycles. The number of ether oxygens (including phenoxy) is 1. The van der Waals surface area contributed by atoms with Crippen molar-refractivity contribution < 1.29 is 4.74 Å². The van der Waals surface area contributed by atoms with Crippen LogP contribution in [0.15, 0.2) is 24.3 Å². The number of likely N-dealkylation sites (N-methyl/N-ethyl adjacent to an activating group) is 1. The standard InChI is InChI=1S/C16H23N7O/c1-22-7-9-23(10-8-22)11-14-19-15(17)21-16(20-14)18-12-3-5-13(24-2)6-4-12/h3-6H,7-11H2,1-2H3,(H3,17,18,19,20,21). The van der Waals surface area contributed by atoms with Crippen LogP contribution >= 0.6 is 0 Å². The van der Waals surface area contributed by atoms with Gasteiger partial charge in [-0.1, -0.05) is 0 Å². The number of aromatic nitrogens is 3. The number of nitrogens with one attached hydrogen (secondary N) is 1. The molecule has 128 valence electrons. The molecule has 2 aromatic rings. The maximum absolute atomic E-state index is 5.84. The molecule has 2 heterocycles. The minimum absolute atomic E-state index is 0.227. The largest absolute Gasteiger partial charge is 0.497 e. The lowest BCUT2D eigenvalue weighted by Gasteiger charge is -2.31. The lowest BCUT2D eigenvalue weighted by atomic mass is 10.3. The highest BCUT2D eigenvalue weighted by atomic mass is 16.5. The van der Waals surface area contributed by atoms with E-state index in [4.69, 9.17) is 10.5 Å². The minimum atomic E-state index is 0.227. The summed E-state index contributed by atoms with van der Waals surface area (Å²) in [6.07, 6.45) is 0. The van der Waals surface area contributed by atoms with Gasteiger partial charge in [0, 0.05) is 31.9 Å². The number of hydrogen-bond donors (Lipinski definition) is 2. The van der Waals surface area contributed by atoms with Crippen LogP contribution in [0.25, 0.3) is 0 Å². The molecule has 0 amide bonds. The maximum atomic E-state index is 5.84. The number of anilines is 3. The van der Waals surface area contributed by atoms with E-state index in [-0.39, 0.29) is 5.95 Å². The summed E-state index contributed by atoms with van der Waals surface area (Å²) >= 11 is 0. The molecule has 0 spiro atoms. The number of hydrogen-bond acceptors (Lipinski definition) is 8. The predicted molar refractivity (Wildman–Crippen MR) is 93.3 cm³/mol. The number of nitrogens with zero attached hydrogens (tertiary/aromatic N) is 5. The Bertz CT molecular complexity index is 669. The van der Waals surface area contributed by atoms with Crippen LogP contribution in [0.3, 0.4) is 0 Å². The Balaban J connectivity index is 1.68. The van der Waals surface area contributed by atoms with E-state index in [1.807, 2.05) is 24.3 Å². The van der Waals surface area contributed by atoms with Crippen molar-refractivity contribution in [1.29, 1.82) is 0 Å². The molecule has 3 N–H and O–H groups in total. The fraction of sp³-hybridized carbons (Fsp3) is 0.438. The Morgan fingerprint density at radius 3 is 2.46 bits per heavy atom. The van der Waals surface area contributed by atoms with Crippen LogP contribution in [0, 0.1) is 0 Å². The van der Waals surface area contributed by atoms with Gasteiger partial charge in [0.1, 0.15) is 11.6 Å². The van der Waals surface area contributed by atoms with E-state index in [0.717, 1.165) is 37.6 Å². The first-order valence-electron chi connectivity index (χ1n) is 7.95. The third kappa shape index (κ3) is 4.30. The second kappa shape index (κ2) is 7.41. The summed E-state index contributed by atoms with van der Waals surface area (Å²) < 4.78 is 5.15. The highest BCUT2D eigenvalue weighted by molar-refractivity contribution is 5.55. The zero-order valence-electron chi connectivity index (χ0n) is 14.1. The van der Waals surface area contributed by atoms with Crippen molar-refractivity contribution >= 4 is 17.6 Å². The highest BCUT2D eigenvalue weighted by Gasteiger charge is 2.16. The third-order valence-electron chi connectivity index (χ3n) is 4.01. The van der Waals surface area contributed by atoms with Crippen LogP contribution in [0.4, 0.5) is 17.6 Å². The predicted octanol–water partition coefficient (Wildman–Crippen LogP) is 0.953. The van der Waals surface area contributed by atoms with Gasteiger partial charge in [-0.05, 0) is 31.3 Å². The number of benzene rings is 1. The molecule has 1 saturated heterocycles. The zero-order valence-corrected chi connectivity index (χ0v) is 14.1. The first kappa shape index (κ1) is 16.4. The molecule has 1 aliphatic rings. The van der Waals surface area contributed by atoms with Gasteiger partial charge in [-0.2, -0.15) is 15.0 Å². The van der Waals surface area contributed by atoms with E-state index in [2.05, 4.69) is 37.1 Å². The Kier molecular flexibility index (Phi) is 5.07. The van der Waals surface area contributed by atoms with Gasteiger partial charge in [0.15, 0.2) is 0 Å². The molecule has 0 unspecified atom stereocenters. The minimum Gasteiger partial charge on any atom is -0.497 e. The summed E-state index contributed by atoms with van der Waals surface area (Å²) in [6.45, 7) is 4.79. The van der Waals surface area contributed by atoms with Gasteiger partial charge in [0.2, 0.25) is 11.9 Å². The van der Waals surface area contributed by atoms with Gasteiger partial charge < -0.3 is 20.7 Å². The quantitative estimate of drug-likeness (QED) is 0.838. The van der Waals surface area contributed by atoms with Crippen molar-refractivity contribution in [3.63, 3.8) is 0 Å². The molecule has 0 radical (unpaired) electrons. The van der Waals surface area contributed by atoms with E-state index in [1.54, 1.807) is 7.11 Å². The van der Waals surface area contributed by atoms with Gasteiger partial charge in [0.05, 0.1) is 13.7 Å². The van der Waals surface area contributed by atoms with Crippen molar-refractivity contribution in [1.82, 2.24) is 24.8 Å². The van der Waals surface area contributed by atoms with Crippen molar-refractivity contribution in [2.75, 3.05) is 51.4 Å². The molecular weight excluding hydrogens is 306 g/mol. The molecule has 8 nitrogen and oxygen atoms in total. The summed E-state index contributed by atoms with van der Waals surface area (Å²) in [4.78, 5) is 17.5. The summed E-state index contributed by atoms with van der Waals surface area (Å²) in [7, 11) is 3.77. The first-order valence-corrected chi connectivity index (χ1v) is 7.95. The number of nitrogens with two attached hydrogens (primary N) is 1. The molecule has 0 atom stereocenters. The van der Waals surface area contributed by atoms with E-state index in [1.165, 1.54) is 0 Å². The van der Waals surface area contributed by atoms with Gasteiger partial charge >= 0.3 is 0 Å². The van der Waals surface area contributed by atoms with Crippen LogP contribution in [-0.2, 0) is 6.54 Å². The molecule has 1 aromatic carbocycles. The fourth-order valence-electron chi connectivity index (χ4n) is 2.57.